The van der Waals surface area contributed by atoms with Crippen molar-refractivity contribution in [3.8, 4) is 5.75 Å². The lowest BCUT2D eigenvalue weighted by Crippen LogP contribution is -2.33. The number of fused-ring (bicyclic) bond motifs is 1. The fraction of sp³-hybridized carbons (Fsp3) is 0.375. The average Bonchev–Trinajstić information content (AvgIpc) is 2.44. The van der Waals surface area contributed by atoms with Crippen LogP contribution in [-0.4, -0.2) is 18.8 Å². The third kappa shape index (κ3) is 3.06. The molecule has 102 valence electrons. The number of aliphatic hydroxyl groups is 1. The quantitative estimate of drug-likeness (QED) is 0.868. The van der Waals surface area contributed by atoms with Gasteiger partial charge in [0.25, 0.3) is 0 Å². The molecular weight excluding hydrogens is 238 g/mol. The molecule has 0 saturated heterocycles. The second-order valence-corrected chi connectivity index (χ2v) is 5.17. The molecule has 2 rings (SSSR count). The zero-order chi connectivity index (χ0) is 13.9. The summed E-state index contributed by atoms with van der Waals surface area (Å²) in [7, 11) is 1.67. The van der Waals surface area contributed by atoms with Gasteiger partial charge in [0, 0.05) is 12.1 Å². The topological polar surface area (TPSA) is 55.5 Å². The van der Waals surface area contributed by atoms with Gasteiger partial charge >= 0.3 is 0 Å². The first-order valence-electron chi connectivity index (χ1n) is 6.55. The van der Waals surface area contributed by atoms with Crippen molar-refractivity contribution in [2.75, 3.05) is 13.7 Å². The van der Waals surface area contributed by atoms with E-state index in [1.54, 1.807) is 7.11 Å². The van der Waals surface area contributed by atoms with Gasteiger partial charge in [-0.05, 0) is 54.3 Å². The van der Waals surface area contributed by atoms with Gasteiger partial charge in [0.2, 0.25) is 0 Å². The number of hydrogen-bond donors (Lipinski definition) is 2. The zero-order valence-electron chi connectivity index (χ0n) is 11.5. The van der Waals surface area contributed by atoms with Gasteiger partial charge in [0.1, 0.15) is 5.75 Å². The molecule has 2 aromatic rings. The number of methoxy groups -OCH3 is 1. The van der Waals surface area contributed by atoms with Gasteiger partial charge in [0.15, 0.2) is 0 Å². The largest absolute Gasteiger partial charge is 0.497 e. The highest BCUT2D eigenvalue weighted by Crippen LogP contribution is 2.28. The van der Waals surface area contributed by atoms with Crippen LogP contribution in [0.4, 0.5) is 0 Å². The first-order chi connectivity index (χ1) is 9.06. The molecule has 0 aliphatic rings. The Morgan fingerprint density at radius 3 is 2.53 bits per heavy atom. The molecule has 3 heteroatoms. The van der Waals surface area contributed by atoms with Gasteiger partial charge in [-0.1, -0.05) is 18.2 Å². The summed E-state index contributed by atoms with van der Waals surface area (Å²) in [6.45, 7) is 2.19. The highest BCUT2D eigenvalue weighted by molar-refractivity contribution is 5.84. The van der Waals surface area contributed by atoms with Gasteiger partial charge in [0.05, 0.1) is 7.11 Å². The Balaban J connectivity index is 2.36. The number of nitrogens with two attached hydrogens (primary N) is 1. The maximum Gasteiger partial charge on any atom is 0.119 e. The third-order valence-corrected chi connectivity index (χ3v) is 3.56. The van der Waals surface area contributed by atoms with E-state index in [1.165, 1.54) is 0 Å². The van der Waals surface area contributed by atoms with Crippen molar-refractivity contribution in [1.29, 1.82) is 0 Å². The molecule has 0 aromatic heterocycles. The standard InChI is InChI=1S/C16H21NO2/c1-16(17,8-3-9-18)14-6-4-13-11-15(19-2)7-5-12(13)10-14/h4-7,10-11,18H,3,8-9,17H2,1-2H3. The number of benzene rings is 2. The van der Waals surface area contributed by atoms with E-state index in [1.807, 2.05) is 25.1 Å². The van der Waals surface area contributed by atoms with Crippen LogP contribution in [-0.2, 0) is 5.54 Å². The molecule has 0 aliphatic carbocycles. The van der Waals surface area contributed by atoms with Crippen molar-refractivity contribution in [2.45, 2.75) is 25.3 Å². The lowest BCUT2D eigenvalue weighted by Gasteiger charge is -2.25. The van der Waals surface area contributed by atoms with E-state index in [4.69, 9.17) is 15.6 Å². The van der Waals surface area contributed by atoms with Gasteiger partial charge in [-0.15, -0.1) is 0 Å². The van der Waals surface area contributed by atoms with Crippen molar-refractivity contribution >= 4 is 10.8 Å². The van der Waals surface area contributed by atoms with Crippen molar-refractivity contribution in [2.24, 2.45) is 5.73 Å². The number of rotatable bonds is 5. The second-order valence-electron chi connectivity index (χ2n) is 5.17. The van der Waals surface area contributed by atoms with Crippen LogP contribution in [0.5, 0.6) is 5.75 Å². The predicted octanol–water partition coefficient (Wildman–Crippen LogP) is 2.79. The molecular formula is C16H21NO2. The average molecular weight is 259 g/mol. The van der Waals surface area contributed by atoms with Crippen molar-refractivity contribution < 1.29 is 9.84 Å². The summed E-state index contributed by atoms with van der Waals surface area (Å²) in [4.78, 5) is 0. The minimum absolute atomic E-state index is 0.178. The maximum absolute atomic E-state index is 8.94. The second kappa shape index (κ2) is 5.59. The Labute approximate surface area is 114 Å². The molecule has 2 aromatic carbocycles. The van der Waals surface area contributed by atoms with E-state index in [0.717, 1.165) is 28.5 Å². The van der Waals surface area contributed by atoms with Crippen LogP contribution in [0.15, 0.2) is 36.4 Å². The van der Waals surface area contributed by atoms with Gasteiger partial charge in [-0.2, -0.15) is 0 Å². The van der Waals surface area contributed by atoms with Gasteiger partial charge < -0.3 is 15.6 Å². The molecule has 3 N–H and O–H groups in total. The molecule has 0 amide bonds. The number of hydrogen-bond acceptors (Lipinski definition) is 3. The molecule has 0 saturated carbocycles. The minimum atomic E-state index is -0.406. The fourth-order valence-electron chi connectivity index (χ4n) is 2.30. The summed E-state index contributed by atoms with van der Waals surface area (Å²) in [5.41, 5.74) is 7.03. The Hall–Kier alpha value is -1.58. The summed E-state index contributed by atoms with van der Waals surface area (Å²) in [5, 5.41) is 11.2. The van der Waals surface area contributed by atoms with Crippen LogP contribution in [0.3, 0.4) is 0 Å². The van der Waals surface area contributed by atoms with Crippen LogP contribution in [0, 0.1) is 0 Å². The van der Waals surface area contributed by atoms with E-state index < -0.39 is 5.54 Å². The fourth-order valence-corrected chi connectivity index (χ4v) is 2.30. The number of aliphatic hydroxyl groups excluding tert-OH is 1. The lowest BCUT2D eigenvalue weighted by atomic mass is 9.87. The maximum atomic E-state index is 8.94. The van der Waals surface area contributed by atoms with Crippen LogP contribution >= 0.6 is 0 Å². The Morgan fingerprint density at radius 1 is 1.16 bits per heavy atom. The minimum Gasteiger partial charge on any atom is -0.497 e. The van der Waals surface area contributed by atoms with Crippen LogP contribution in [0.2, 0.25) is 0 Å². The SMILES string of the molecule is COc1ccc2cc(C(C)(N)CCCO)ccc2c1. The van der Waals surface area contributed by atoms with Crippen molar-refractivity contribution in [1.82, 2.24) is 0 Å². The first-order valence-corrected chi connectivity index (χ1v) is 6.55. The molecule has 1 atom stereocenters. The van der Waals surface area contributed by atoms with Crippen LogP contribution in [0.25, 0.3) is 10.8 Å². The van der Waals surface area contributed by atoms with E-state index in [2.05, 4.69) is 18.2 Å². The van der Waals surface area contributed by atoms with E-state index in [9.17, 15) is 0 Å². The lowest BCUT2D eigenvalue weighted by molar-refractivity contribution is 0.266. The van der Waals surface area contributed by atoms with Gasteiger partial charge in [-0.25, -0.2) is 0 Å². The molecule has 0 aliphatic heterocycles. The predicted molar refractivity (Wildman–Crippen MR) is 78.4 cm³/mol. The van der Waals surface area contributed by atoms with E-state index in [0.29, 0.717) is 6.42 Å². The molecule has 1 unspecified atom stereocenters. The number of ether oxygens (including phenoxy) is 1. The van der Waals surface area contributed by atoms with Crippen LogP contribution < -0.4 is 10.5 Å². The Bertz CT molecular complexity index is 564. The highest BCUT2D eigenvalue weighted by atomic mass is 16.5. The molecule has 0 radical (unpaired) electrons. The zero-order valence-corrected chi connectivity index (χ0v) is 11.5. The Kier molecular flexibility index (Phi) is 4.08. The van der Waals surface area contributed by atoms with Crippen LogP contribution in [0.1, 0.15) is 25.3 Å². The summed E-state index contributed by atoms with van der Waals surface area (Å²) < 4.78 is 5.22. The summed E-state index contributed by atoms with van der Waals surface area (Å²) in [6.07, 6.45) is 1.48. The smallest absolute Gasteiger partial charge is 0.119 e. The molecule has 3 nitrogen and oxygen atoms in total. The van der Waals surface area contributed by atoms with Crippen molar-refractivity contribution in [3.05, 3.63) is 42.0 Å². The third-order valence-electron chi connectivity index (χ3n) is 3.56. The normalized spacial score (nSPS) is 14.3. The molecule has 0 fully saturated rings. The van der Waals surface area contributed by atoms with E-state index >= 15 is 0 Å². The Morgan fingerprint density at radius 2 is 1.84 bits per heavy atom. The monoisotopic (exact) mass is 259 g/mol. The molecule has 0 bridgehead atoms. The van der Waals surface area contributed by atoms with Gasteiger partial charge in [-0.3, -0.25) is 0 Å². The molecule has 0 heterocycles. The molecule has 0 spiro atoms. The highest BCUT2D eigenvalue weighted by Gasteiger charge is 2.20. The summed E-state index contributed by atoms with van der Waals surface area (Å²) in [5.74, 6) is 0.857. The molecule has 19 heavy (non-hydrogen) atoms. The van der Waals surface area contributed by atoms with Crippen molar-refractivity contribution in [3.63, 3.8) is 0 Å². The summed E-state index contributed by atoms with van der Waals surface area (Å²) in [6, 6.07) is 12.2. The van der Waals surface area contributed by atoms with E-state index in [-0.39, 0.29) is 6.61 Å². The summed E-state index contributed by atoms with van der Waals surface area (Å²) >= 11 is 0. The first kappa shape index (κ1) is 13.8.